The van der Waals surface area contributed by atoms with Crippen molar-refractivity contribution < 1.29 is 0 Å². The quantitative estimate of drug-likeness (QED) is 0.441. The van der Waals surface area contributed by atoms with Crippen molar-refractivity contribution in [1.82, 2.24) is 24.1 Å². The molecule has 3 aromatic heterocycles. The molecule has 0 radical (unpaired) electrons. The lowest BCUT2D eigenvalue weighted by Gasteiger charge is -2.07. The average molecular weight is 403 g/mol. The van der Waals surface area contributed by atoms with Crippen LogP contribution in [-0.2, 0) is 6.54 Å². The Morgan fingerprint density at radius 1 is 0.710 bits per heavy atom. The van der Waals surface area contributed by atoms with Crippen molar-refractivity contribution in [3.8, 4) is 5.69 Å². The summed E-state index contributed by atoms with van der Waals surface area (Å²) in [7, 11) is 0. The third-order valence-corrected chi connectivity index (χ3v) is 5.44. The van der Waals surface area contributed by atoms with Gasteiger partial charge in [0.05, 0.1) is 17.6 Å². The Kier molecular flexibility index (Phi) is 3.89. The van der Waals surface area contributed by atoms with Gasteiger partial charge in [-0.05, 0) is 29.8 Å². The van der Waals surface area contributed by atoms with Gasteiger partial charge in [-0.3, -0.25) is 13.9 Å². The molecule has 0 aliphatic rings. The van der Waals surface area contributed by atoms with Crippen molar-refractivity contribution in [1.29, 1.82) is 0 Å². The van der Waals surface area contributed by atoms with E-state index < -0.39 is 0 Å². The summed E-state index contributed by atoms with van der Waals surface area (Å²) in [6.45, 7) is 0.446. The fourth-order valence-corrected chi connectivity index (χ4v) is 3.99. The molecule has 0 aliphatic heterocycles. The second-order valence-corrected chi connectivity index (χ2v) is 7.42. The van der Waals surface area contributed by atoms with E-state index in [2.05, 4.69) is 4.98 Å². The molecule has 0 atom stereocenters. The van der Waals surface area contributed by atoms with Gasteiger partial charge in [-0.1, -0.05) is 60.7 Å². The molecule has 6 rings (SSSR count). The highest BCUT2D eigenvalue weighted by atomic mass is 16.1. The molecule has 0 fully saturated rings. The van der Waals surface area contributed by atoms with Gasteiger partial charge in [-0.15, -0.1) is 0 Å². The Morgan fingerprint density at radius 2 is 1.35 bits per heavy atom. The Balaban J connectivity index is 1.71. The molecule has 6 heteroatoms. The standard InChI is InChI=1S/C25H17N5O/c31-25-21-22-24(28-20-14-8-7-13-19(20)27-22)30(18-11-5-2-6-12-18)23(21)26-16-29(25)15-17-9-3-1-4-10-17/h1-14,16H,15H2. The van der Waals surface area contributed by atoms with E-state index in [1.54, 1.807) is 10.9 Å². The molecule has 3 aromatic carbocycles. The van der Waals surface area contributed by atoms with Crippen molar-refractivity contribution in [3.05, 3.63) is 107 Å². The van der Waals surface area contributed by atoms with Crippen LogP contribution in [0, 0.1) is 0 Å². The summed E-state index contributed by atoms with van der Waals surface area (Å²) < 4.78 is 3.54. The summed E-state index contributed by atoms with van der Waals surface area (Å²) in [4.78, 5) is 27.9. The summed E-state index contributed by atoms with van der Waals surface area (Å²) in [5.74, 6) is 0. The van der Waals surface area contributed by atoms with Crippen molar-refractivity contribution in [2.75, 3.05) is 0 Å². The van der Waals surface area contributed by atoms with Gasteiger partial charge in [-0.2, -0.15) is 0 Å². The van der Waals surface area contributed by atoms with Gasteiger partial charge in [0.15, 0.2) is 11.3 Å². The molecule has 0 saturated carbocycles. The van der Waals surface area contributed by atoms with Gasteiger partial charge in [0.1, 0.15) is 17.2 Å². The SMILES string of the molecule is O=c1c2c3nc4ccccc4nc3n(-c3ccccc3)c2ncn1Cc1ccccc1. The molecule has 0 N–H and O–H groups in total. The summed E-state index contributed by atoms with van der Waals surface area (Å²) in [5, 5.41) is 0.482. The van der Waals surface area contributed by atoms with Gasteiger partial charge in [0.25, 0.3) is 5.56 Å². The van der Waals surface area contributed by atoms with Crippen LogP contribution in [0.2, 0.25) is 0 Å². The zero-order valence-electron chi connectivity index (χ0n) is 16.5. The molecule has 0 bridgehead atoms. The molecular formula is C25H17N5O. The molecule has 0 amide bonds. The second-order valence-electron chi connectivity index (χ2n) is 7.42. The summed E-state index contributed by atoms with van der Waals surface area (Å²) >= 11 is 0. The van der Waals surface area contributed by atoms with Crippen LogP contribution in [0.25, 0.3) is 38.9 Å². The monoisotopic (exact) mass is 403 g/mol. The number of hydrogen-bond acceptors (Lipinski definition) is 4. The minimum Gasteiger partial charge on any atom is -0.294 e. The molecular weight excluding hydrogens is 386 g/mol. The average Bonchev–Trinajstić information content (AvgIpc) is 3.14. The van der Waals surface area contributed by atoms with Crippen molar-refractivity contribution in [2.24, 2.45) is 0 Å². The Hall–Kier alpha value is -4.32. The van der Waals surface area contributed by atoms with Crippen LogP contribution in [0.5, 0.6) is 0 Å². The third-order valence-electron chi connectivity index (χ3n) is 5.44. The number of hydrogen-bond donors (Lipinski definition) is 0. The highest BCUT2D eigenvalue weighted by Gasteiger charge is 2.20. The maximum Gasteiger partial charge on any atom is 0.265 e. The molecule has 31 heavy (non-hydrogen) atoms. The molecule has 6 aromatic rings. The summed E-state index contributed by atoms with van der Waals surface area (Å²) in [5.41, 5.74) is 5.08. The zero-order chi connectivity index (χ0) is 20.8. The first-order valence-corrected chi connectivity index (χ1v) is 10.1. The highest BCUT2D eigenvalue weighted by Crippen LogP contribution is 2.28. The fourth-order valence-electron chi connectivity index (χ4n) is 3.99. The minimum atomic E-state index is -0.127. The van der Waals surface area contributed by atoms with Crippen molar-refractivity contribution in [2.45, 2.75) is 6.54 Å². The first-order chi connectivity index (χ1) is 15.3. The van der Waals surface area contributed by atoms with Crippen LogP contribution in [0.3, 0.4) is 0 Å². The highest BCUT2D eigenvalue weighted by molar-refractivity contribution is 6.05. The van der Waals surface area contributed by atoms with Crippen LogP contribution in [0.4, 0.5) is 0 Å². The first kappa shape index (κ1) is 17.5. The van der Waals surface area contributed by atoms with E-state index in [1.165, 1.54) is 0 Å². The molecule has 0 aliphatic carbocycles. The Bertz CT molecular complexity index is 1620. The van der Waals surface area contributed by atoms with Crippen molar-refractivity contribution >= 4 is 33.2 Å². The van der Waals surface area contributed by atoms with Gasteiger partial charge in [0.2, 0.25) is 0 Å². The largest absolute Gasteiger partial charge is 0.294 e. The number of fused-ring (bicyclic) bond motifs is 4. The number of para-hydroxylation sites is 3. The first-order valence-electron chi connectivity index (χ1n) is 10.1. The van der Waals surface area contributed by atoms with Gasteiger partial charge >= 0.3 is 0 Å². The lowest BCUT2D eigenvalue weighted by Crippen LogP contribution is -2.21. The third kappa shape index (κ3) is 2.80. The number of benzene rings is 3. The van der Waals surface area contributed by atoms with E-state index in [0.29, 0.717) is 28.7 Å². The van der Waals surface area contributed by atoms with E-state index >= 15 is 0 Å². The molecule has 0 saturated heterocycles. The van der Waals surface area contributed by atoms with Crippen LogP contribution >= 0.6 is 0 Å². The summed E-state index contributed by atoms with van der Waals surface area (Å²) in [6, 6.07) is 27.4. The topological polar surface area (TPSA) is 65.6 Å². The number of aromatic nitrogens is 5. The Labute approximate surface area is 177 Å². The van der Waals surface area contributed by atoms with Crippen LogP contribution in [0.1, 0.15) is 5.56 Å². The number of rotatable bonds is 3. The molecule has 3 heterocycles. The van der Waals surface area contributed by atoms with Gasteiger partial charge in [0, 0.05) is 5.69 Å². The molecule has 0 spiro atoms. The van der Waals surface area contributed by atoms with Crippen LogP contribution in [-0.4, -0.2) is 24.1 Å². The molecule has 6 nitrogen and oxygen atoms in total. The maximum atomic E-state index is 13.6. The van der Waals surface area contributed by atoms with E-state index in [0.717, 1.165) is 22.3 Å². The normalized spacial score (nSPS) is 11.5. The molecule has 0 unspecified atom stereocenters. The van der Waals surface area contributed by atoms with E-state index in [-0.39, 0.29) is 5.56 Å². The lowest BCUT2D eigenvalue weighted by molar-refractivity contribution is 0.747. The van der Waals surface area contributed by atoms with E-state index in [9.17, 15) is 4.79 Å². The smallest absolute Gasteiger partial charge is 0.265 e. The summed E-state index contributed by atoms with van der Waals surface area (Å²) in [6.07, 6.45) is 1.61. The zero-order valence-corrected chi connectivity index (χ0v) is 16.5. The number of nitrogens with zero attached hydrogens (tertiary/aromatic N) is 5. The van der Waals surface area contributed by atoms with Crippen molar-refractivity contribution in [3.63, 3.8) is 0 Å². The molecule has 148 valence electrons. The van der Waals surface area contributed by atoms with Gasteiger partial charge in [-0.25, -0.2) is 15.0 Å². The predicted molar refractivity (Wildman–Crippen MR) is 121 cm³/mol. The predicted octanol–water partition coefficient (Wildman–Crippen LogP) is 4.33. The van der Waals surface area contributed by atoms with Crippen LogP contribution in [0.15, 0.2) is 96.1 Å². The van der Waals surface area contributed by atoms with Gasteiger partial charge < -0.3 is 0 Å². The Morgan fingerprint density at radius 3 is 2.10 bits per heavy atom. The fraction of sp³-hybridized carbons (Fsp3) is 0.0400. The maximum absolute atomic E-state index is 13.6. The second kappa shape index (κ2) is 6.88. The van der Waals surface area contributed by atoms with Crippen LogP contribution < -0.4 is 5.56 Å². The minimum absolute atomic E-state index is 0.127. The lowest BCUT2D eigenvalue weighted by atomic mass is 10.2. The van der Waals surface area contributed by atoms with E-state index in [4.69, 9.17) is 9.97 Å². The van der Waals surface area contributed by atoms with E-state index in [1.807, 2.05) is 89.5 Å².